The third-order valence-electron chi connectivity index (χ3n) is 9.94. The van der Waals surface area contributed by atoms with E-state index in [4.69, 9.17) is 0 Å². The number of aromatic nitrogens is 1. The summed E-state index contributed by atoms with van der Waals surface area (Å²) in [5.41, 5.74) is 14.8. The van der Waals surface area contributed by atoms with Gasteiger partial charge in [-0.25, -0.2) is 0 Å². The Morgan fingerprint density at radius 2 is 0.860 bits per heavy atom. The van der Waals surface area contributed by atoms with E-state index in [1.165, 1.54) is 60.9 Å². The summed E-state index contributed by atoms with van der Waals surface area (Å²) in [6.45, 7) is 0. The second-order valence-electron chi connectivity index (χ2n) is 12.9. The largest absolute Gasteiger partial charge is 0.313 e. The molecule has 7 aromatic carbocycles. The van der Waals surface area contributed by atoms with Gasteiger partial charge in [0.2, 0.25) is 0 Å². The molecule has 9 rings (SSSR count). The summed E-state index contributed by atoms with van der Waals surface area (Å²) >= 11 is 0. The molecule has 0 fully saturated rings. The van der Waals surface area contributed by atoms with Crippen LogP contribution in [-0.4, -0.2) is 4.57 Å². The number of hydrogen-bond acceptors (Lipinski definition) is 1. The van der Waals surface area contributed by atoms with Crippen molar-refractivity contribution in [2.75, 3.05) is 4.90 Å². The van der Waals surface area contributed by atoms with Crippen LogP contribution in [0.25, 0.3) is 55.3 Å². The van der Waals surface area contributed by atoms with Crippen LogP contribution in [0.4, 0.5) is 17.1 Å². The maximum Gasteiger partial charge on any atom is 0.0558 e. The highest BCUT2D eigenvalue weighted by molar-refractivity contribution is 6.11. The normalized spacial score (nSPS) is 12.9. The minimum Gasteiger partial charge on any atom is -0.313 e. The van der Waals surface area contributed by atoms with Gasteiger partial charge in [0.25, 0.3) is 0 Å². The number of nitrogens with zero attached hydrogens (tertiary/aromatic N) is 2. The van der Waals surface area contributed by atoms with E-state index >= 15 is 0 Å². The average molecular weight is 641 g/mol. The third kappa shape index (κ3) is 5.51. The summed E-state index contributed by atoms with van der Waals surface area (Å²) < 4.78 is 2.49. The molecule has 0 spiro atoms. The van der Waals surface area contributed by atoms with Gasteiger partial charge < -0.3 is 9.47 Å². The molecule has 238 valence electrons. The van der Waals surface area contributed by atoms with E-state index in [-0.39, 0.29) is 0 Å². The van der Waals surface area contributed by atoms with Crippen molar-refractivity contribution in [1.82, 2.24) is 4.57 Å². The van der Waals surface area contributed by atoms with Gasteiger partial charge in [0.1, 0.15) is 0 Å². The van der Waals surface area contributed by atoms with E-state index in [9.17, 15) is 0 Å². The number of anilines is 3. The molecule has 0 radical (unpaired) electrons. The summed E-state index contributed by atoms with van der Waals surface area (Å²) in [6.07, 6.45) is 6.62. The van der Waals surface area contributed by atoms with E-state index in [0.717, 1.165) is 29.9 Å². The minimum atomic E-state index is 0.966. The zero-order valence-corrected chi connectivity index (χ0v) is 27.8. The quantitative estimate of drug-likeness (QED) is 0.168. The molecule has 1 aliphatic rings. The van der Waals surface area contributed by atoms with Crippen LogP contribution in [0.5, 0.6) is 0 Å². The number of fused-ring (bicyclic) bond motifs is 3. The molecule has 0 atom stereocenters. The number of benzene rings is 7. The lowest BCUT2D eigenvalue weighted by Crippen LogP contribution is -2.10. The third-order valence-corrected chi connectivity index (χ3v) is 9.94. The zero-order valence-electron chi connectivity index (χ0n) is 27.8. The van der Waals surface area contributed by atoms with E-state index in [1.54, 1.807) is 0 Å². The lowest BCUT2D eigenvalue weighted by Gasteiger charge is -2.26. The van der Waals surface area contributed by atoms with Gasteiger partial charge in [-0.3, -0.25) is 0 Å². The Balaban J connectivity index is 1.12. The first kappa shape index (κ1) is 29.7. The van der Waals surface area contributed by atoms with Gasteiger partial charge in [0, 0.05) is 33.5 Å². The Hall–Kier alpha value is -6.38. The van der Waals surface area contributed by atoms with Crippen LogP contribution in [0.3, 0.4) is 0 Å². The van der Waals surface area contributed by atoms with Crippen LogP contribution >= 0.6 is 0 Å². The van der Waals surface area contributed by atoms with E-state index in [2.05, 4.69) is 204 Å². The number of rotatable bonds is 7. The summed E-state index contributed by atoms with van der Waals surface area (Å²) in [5, 5.41) is 2.55. The molecule has 0 saturated heterocycles. The molecule has 0 saturated carbocycles. The molecule has 0 aliphatic heterocycles. The maximum atomic E-state index is 2.49. The van der Waals surface area contributed by atoms with Gasteiger partial charge in [-0.05, 0) is 94.8 Å². The fourth-order valence-corrected chi connectivity index (χ4v) is 7.43. The van der Waals surface area contributed by atoms with Crippen molar-refractivity contribution in [2.45, 2.75) is 12.8 Å². The predicted molar refractivity (Wildman–Crippen MR) is 213 cm³/mol. The molecule has 1 heterocycles. The highest BCUT2D eigenvalue weighted by Crippen LogP contribution is 2.41. The average Bonchev–Trinajstić information content (AvgIpc) is 3.53. The molecule has 1 aliphatic carbocycles. The molecular weight excluding hydrogens is 605 g/mol. The molecule has 1 aromatic heterocycles. The first-order valence-electron chi connectivity index (χ1n) is 17.4. The molecule has 50 heavy (non-hydrogen) atoms. The second-order valence-corrected chi connectivity index (χ2v) is 12.9. The SMILES string of the molecule is C1=C(c2ccc(-c3ccccc3)cc2)CCC(n2c3ccccc3c3ccc(N(c4ccccc4)c4ccc(-c5ccccc5)cc4)cc32)=C1. The van der Waals surface area contributed by atoms with Crippen LogP contribution < -0.4 is 4.90 Å². The summed E-state index contributed by atoms with van der Waals surface area (Å²) in [5.74, 6) is 0. The molecule has 0 unspecified atom stereocenters. The Labute approximate surface area is 293 Å². The molecule has 2 nitrogen and oxygen atoms in total. The van der Waals surface area contributed by atoms with Crippen molar-refractivity contribution in [2.24, 2.45) is 0 Å². The van der Waals surface area contributed by atoms with Crippen molar-refractivity contribution >= 4 is 50.1 Å². The van der Waals surface area contributed by atoms with Crippen molar-refractivity contribution in [3.63, 3.8) is 0 Å². The fraction of sp³-hybridized carbons (Fsp3) is 0.0417. The molecule has 8 aromatic rings. The van der Waals surface area contributed by atoms with E-state index < -0.39 is 0 Å². The maximum absolute atomic E-state index is 2.49. The molecule has 2 heteroatoms. The lowest BCUT2D eigenvalue weighted by atomic mass is 9.94. The molecule has 0 N–H and O–H groups in total. The van der Waals surface area contributed by atoms with Crippen molar-refractivity contribution in [1.29, 1.82) is 0 Å². The van der Waals surface area contributed by atoms with Crippen LogP contribution in [-0.2, 0) is 0 Å². The molecular formula is C48H36N2. The fourth-order valence-electron chi connectivity index (χ4n) is 7.43. The lowest BCUT2D eigenvalue weighted by molar-refractivity contribution is 0.992. The Bertz CT molecular complexity index is 2490. The number of allylic oxidation sites excluding steroid dienone is 4. The van der Waals surface area contributed by atoms with Gasteiger partial charge in [-0.15, -0.1) is 0 Å². The first-order chi connectivity index (χ1) is 24.8. The highest BCUT2D eigenvalue weighted by atomic mass is 15.1. The van der Waals surface area contributed by atoms with E-state index in [1.807, 2.05) is 0 Å². The monoisotopic (exact) mass is 640 g/mol. The van der Waals surface area contributed by atoms with Crippen molar-refractivity contribution in [3.05, 3.63) is 200 Å². The standard InChI is InChI=1S/C48H36N2/c1-4-12-35(13-5-1)37-20-22-38(23-21-37)40-26-30-43(31-27-40)50-47-19-11-10-18-45(47)46-33-32-44(34-48(46)50)49(41-16-8-3-9-17-41)42-28-24-39(25-29-42)36-14-6-2-7-15-36/h1-26,28-30,32-34H,27,31H2. The van der Waals surface area contributed by atoms with Crippen LogP contribution in [0.2, 0.25) is 0 Å². The smallest absolute Gasteiger partial charge is 0.0558 e. The minimum absolute atomic E-state index is 0.966. The van der Waals surface area contributed by atoms with Crippen molar-refractivity contribution in [3.8, 4) is 22.3 Å². The van der Waals surface area contributed by atoms with Gasteiger partial charge >= 0.3 is 0 Å². The van der Waals surface area contributed by atoms with Gasteiger partial charge in [0.05, 0.1) is 11.0 Å². The summed E-state index contributed by atoms with van der Waals surface area (Å²) in [6, 6.07) is 65.5. The van der Waals surface area contributed by atoms with Crippen molar-refractivity contribution < 1.29 is 0 Å². The van der Waals surface area contributed by atoms with E-state index in [0.29, 0.717) is 0 Å². The predicted octanol–water partition coefficient (Wildman–Crippen LogP) is 13.3. The van der Waals surface area contributed by atoms with Crippen LogP contribution in [0.15, 0.2) is 194 Å². The van der Waals surface area contributed by atoms with Gasteiger partial charge in [-0.1, -0.05) is 146 Å². The van der Waals surface area contributed by atoms with Crippen LogP contribution in [0.1, 0.15) is 18.4 Å². The molecule has 0 bridgehead atoms. The molecule has 0 amide bonds. The Morgan fingerprint density at radius 3 is 1.50 bits per heavy atom. The highest BCUT2D eigenvalue weighted by Gasteiger charge is 2.19. The zero-order chi connectivity index (χ0) is 33.3. The first-order valence-corrected chi connectivity index (χ1v) is 17.4. The number of para-hydroxylation sites is 2. The summed E-state index contributed by atoms with van der Waals surface area (Å²) in [7, 11) is 0. The van der Waals surface area contributed by atoms with Gasteiger partial charge in [0.15, 0.2) is 0 Å². The summed E-state index contributed by atoms with van der Waals surface area (Å²) in [4.78, 5) is 2.36. The Kier molecular flexibility index (Phi) is 7.68. The second kappa shape index (κ2) is 12.9. The van der Waals surface area contributed by atoms with Crippen LogP contribution in [0, 0.1) is 0 Å². The Morgan fingerprint density at radius 1 is 0.360 bits per heavy atom. The topological polar surface area (TPSA) is 8.17 Å². The van der Waals surface area contributed by atoms with Gasteiger partial charge in [-0.2, -0.15) is 0 Å². The number of hydrogen-bond donors (Lipinski definition) is 0.